The lowest BCUT2D eigenvalue weighted by Crippen LogP contribution is -2.29. The number of rotatable bonds is 7. The number of aliphatic hydroxyl groups excluding tert-OH is 1. The number of nitrogens with one attached hydrogen (secondary N) is 1. The highest BCUT2D eigenvalue weighted by Crippen LogP contribution is 2.23. The lowest BCUT2D eigenvalue weighted by molar-refractivity contribution is 0.266. The number of anilines is 1. The van der Waals surface area contributed by atoms with Gasteiger partial charge >= 0.3 is 0 Å². The van der Waals surface area contributed by atoms with Gasteiger partial charge in [0.15, 0.2) is 0 Å². The van der Waals surface area contributed by atoms with Crippen LogP contribution in [0.4, 0.5) is 5.82 Å². The molecular weight excluding hydrogens is 290 g/mol. The number of pyridine rings is 1. The van der Waals surface area contributed by atoms with Crippen molar-refractivity contribution in [1.29, 1.82) is 0 Å². The molecule has 0 amide bonds. The van der Waals surface area contributed by atoms with E-state index in [2.05, 4.69) is 10.3 Å². The van der Waals surface area contributed by atoms with E-state index in [1.54, 1.807) is 0 Å². The van der Waals surface area contributed by atoms with E-state index in [4.69, 9.17) is 16.7 Å². The predicted molar refractivity (Wildman–Crippen MR) is 74.9 cm³/mol. The Morgan fingerprint density at radius 1 is 1.53 bits per heavy atom. The predicted octanol–water partition coefficient (Wildman–Crippen LogP) is 1.17. The molecule has 0 bridgehead atoms. The van der Waals surface area contributed by atoms with Crippen LogP contribution in [0.25, 0.3) is 0 Å². The summed E-state index contributed by atoms with van der Waals surface area (Å²) in [5.41, 5.74) is 0. The van der Waals surface area contributed by atoms with E-state index >= 15 is 0 Å². The molecule has 0 saturated heterocycles. The summed E-state index contributed by atoms with van der Waals surface area (Å²) in [6.45, 7) is 2.50. The van der Waals surface area contributed by atoms with Crippen molar-refractivity contribution >= 4 is 27.4 Å². The van der Waals surface area contributed by atoms with Gasteiger partial charge in [-0.3, -0.25) is 0 Å². The molecule has 6 nitrogen and oxygen atoms in total. The minimum Gasteiger partial charge on any atom is -0.395 e. The zero-order chi connectivity index (χ0) is 14.5. The average molecular weight is 308 g/mol. The molecule has 19 heavy (non-hydrogen) atoms. The quantitative estimate of drug-likeness (QED) is 0.790. The number of likely N-dealkylation sites (N-methyl/N-ethyl adjacent to an activating group) is 1. The van der Waals surface area contributed by atoms with Crippen LogP contribution in [0, 0.1) is 0 Å². The maximum atomic E-state index is 12.1. The Hall–Kier alpha value is -0.890. The Bertz CT molecular complexity index is 522. The van der Waals surface area contributed by atoms with Gasteiger partial charge in [-0.1, -0.05) is 18.5 Å². The lowest BCUT2D eigenvalue weighted by atomic mass is 10.4. The maximum Gasteiger partial charge on any atom is 0.244 e. The van der Waals surface area contributed by atoms with E-state index in [0.29, 0.717) is 12.4 Å². The fourth-order valence-corrected chi connectivity index (χ4v) is 2.81. The van der Waals surface area contributed by atoms with Gasteiger partial charge in [-0.2, -0.15) is 4.31 Å². The number of aromatic nitrogens is 1. The zero-order valence-corrected chi connectivity index (χ0v) is 12.5. The molecule has 8 heteroatoms. The summed E-state index contributed by atoms with van der Waals surface area (Å²) in [5, 5.41) is 12.0. The highest BCUT2D eigenvalue weighted by molar-refractivity contribution is 7.89. The van der Waals surface area contributed by atoms with Gasteiger partial charge < -0.3 is 10.4 Å². The Balaban J connectivity index is 3.00. The second kappa shape index (κ2) is 7.04. The van der Waals surface area contributed by atoms with Crippen molar-refractivity contribution in [1.82, 2.24) is 9.29 Å². The topological polar surface area (TPSA) is 82.5 Å². The molecule has 2 N–H and O–H groups in total. The third-order valence-electron chi connectivity index (χ3n) is 2.48. The number of halogens is 1. The molecule has 1 aromatic heterocycles. The molecular formula is C11H18ClN3O3S. The fourth-order valence-electron chi connectivity index (χ4n) is 1.38. The van der Waals surface area contributed by atoms with Gasteiger partial charge in [-0.15, -0.1) is 0 Å². The van der Waals surface area contributed by atoms with E-state index in [0.717, 1.165) is 10.7 Å². The summed E-state index contributed by atoms with van der Waals surface area (Å²) < 4.78 is 25.2. The number of hydrogen-bond acceptors (Lipinski definition) is 5. The standard InChI is InChI=1S/C11H18ClN3O3S/c1-3-4-13-11-10(12)7-9(8-14-11)19(17,18)15(2)5-6-16/h7-8,16H,3-6H2,1-2H3,(H,13,14). The summed E-state index contributed by atoms with van der Waals surface area (Å²) in [5.74, 6) is 0.465. The third-order valence-corrected chi connectivity index (χ3v) is 4.59. The molecule has 0 spiro atoms. The first-order valence-corrected chi connectivity index (χ1v) is 7.72. The van der Waals surface area contributed by atoms with Crippen LogP contribution in [0.15, 0.2) is 17.2 Å². The second-order valence-corrected chi connectivity index (χ2v) is 6.43. The largest absolute Gasteiger partial charge is 0.395 e. The molecule has 0 aliphatic rings. The molecule has 0 aliphatic heterocycles. The normalized spacial score (nSPS) is 11.8. The molecule has 0 saturated carbocycles. The third kappa shape index (κ3) is 4.04. The van der Waals surface area contributed by atoms with Crippen LogP contribution in [-0.4, -0.2) is 49.6 Å². The van der Waals surface area contributed by atoms with Gasteiger partial charge in [0, 0.05) is 26.3 Å². The van der Waals surface area contributed by atoms with Crippen molar-refractivity contribution in [2.24, 2.45) is 0 Å². The van der Waals surface area contributed by atoms with Crippen molar-refractivity contribution in [2.75, 3.05) is 32.1 Å². The number of hydrogen-bond donors (Lipinski definition) is 2. The molecule has 0 aromatic carbocycles. The molecule has 1 aromatic rings. The van der Waals surface area contributed by atoms with Crippen molar-refractivity contribution in [2.45, 2.75) is 18.2 Å². The summed E-state index contributed by atoms with van der Waals surface area (Å²) >= 11 is 6.00. The summed E-state index contributed by atoms with van der Waals surface area (Å²) in [6.07, 6.45) is 2.17. The fraction of sp³-hybridized carbons (Fsp3) is 0.545. The SMILES string of the molecule is CCCNc1ncc(S(=O)(=O)N(C)CCO)cc1Cl. The van der Waals surface area contributed by atoms with E-state index in [9.17, 15) is 8.42 Å². The minimum absolute atomic E-state index is 0.00972. The van der Waals surface area contributed by atoms with Crippen LogP contribution in [-0.2, 0) is 10.0 Å². The molecule has 0 atom stereocenters. The lowest BCUT2D eigenvalue weighted by Gasteiger charge is -2.16. The minimum atomic E-state index is -3.66. The van der Waals surface area contributed by atoms with Crippen molar-refractivity contribution in [3.63, 3.8) is 0 Å². The Morgan fingerprint density at radius 3 is 2.74 bits per heavy atom. The molecule has 1 rings (SSSR count). The van der Waals surface area contributed by atoms with E-state index in [1.165, 1.54) is 19.3 Å². The number of aliphatic hydroxyl groups is 1. The maximum absolute atomic E-state index is 12.1. The van der Waals surface area contributed by atoms with Gasteiger partial charge in [0.25, 0.3) is 0 Å². The summed E-state index contributed by atoms with van der Waals surface area (Å²) in [7, 11) is -2.27. The first-order chi connectivity index (χ1) is 8.93. The van der Waals surface area contributed by atoms with Crippen molar-refractivity contribution < 1.29 is 13.5 Å². The van der Waals surface area contributed by atoms with Gasteiger partial charge in [-0.25, -0.2) is 13.4 Å². The number of sulfonamides is 1. The molecule has 1 heterocycles. The van der Waals surface area contributed by atoms with E-state index in [-0.39, 0.29) is 23.1 Å². The highest BCUT2D eigenvalue weighted by Gasteiger charge is 2.21. The van der Waals surface area contributed by atoms with E-state index in [1.807, 2.05) is 6.92 Å². The second-order valence-electron chi connectivity index (χ2n) is 3.98. The smallest absolute Gasteiger partial charge is 0.244 e. The van der Waals surface area contributed by atoms with Gasteiger partial charge in [0.2, 0.25) is 10.0 Å². The zero-order valence-electron chi connectivity index (χ0n) is 10.9. The van der Waals surface area contributed by atoms with Gasteiger partial charge in [0.05, 0.1) is 11.6 Å². The Labute approximate surface area is 118 Å². The van der Waals surface area contributed by atoms with Crippen molar-refractivity contribution in [3.8, 4) is 0 Å². The van der Waals surface area contributed by atoms with Crippen LogP contribution < -0.4 is 5.32 Å². The summed E-state index contributed by atoms with van der Waals surface area (Å²) in [4.78, 5) is 4.02. The Morgan fingerprint density at radius 2 is 2.21 bits per heavy atom. The Kier molecular flexibility index (Phi) is 5.99. The van der Waals surface area contributed by atoms with Crippen LogP contribution in [0.1, 0.15) is 13.3 Å². The van der Waals surface area contributed by atoms with Crippen molar-refractivity contribution in [3.05, 3.63) is 17.3 Å². The van der Waals surface area contributed by atoms with Gasteiger partial charge in [-0.05, 0) is 12.5 Å². The summed E-state index contributed by atoms with van der Waals surface area (Å²) in [6, 6.07) is 1.36. The molecule has 0 unspecified atom stereocenters. The molecule has 0 fully saturated rings. The van der Waals surface area contributed by atoms with Crippen LogP contribution >= 0.6 is 11.6 Å². The average Bonchev–Trinajstić information content (AvgIpc) is 2.37. The van der Waals surface area contributed by atoms with Crippen LogP contribution in [0.2, 0.25) is 5.02 Å². The van der Waals surface area contributed by atoms with Gasteiger partial charge in [0.1, 0.15) is 10.7 Å². The monoisotopic (exact) mass is 307 g/mol. The first kappa shape index (κ1) is 16.2. The van der Waals surface area contributed by atoms with E-state index < -0.39 is 10.0 Å². The molecule has 0 radical (unpaired) electrons. The van der Waals surface area contributed by atoms with Crippen LogP contribution in [0.3, 0.4) is 0 Å². The molecule has 0 aliphatic carbocycles. The van der Waals surface area contributed by atoms with Crippen LogP contribution in [0.5, 0.6) is 0 Å². The number of nitrogens with zero attached hydrogens (tertiary/aromatic N) is 2. The first-order valence-electron chi connectivity index (χ1n) is 5.90. The molecule has 108 valence electrons. The highest BCUT2D eigenvalue weighted by atomic mass is 35.5.